The predicted molar refractivity (Wildman–Crippen MR) is 74.4 cm³/mol. The van der Waals surface area contributed by atoms with Crippen LogP contribution in [0.15, 0.2) is 48.5 Å². The van der Waals surface area contributed by atoms with Gasteiger partial charge in [-0.05, 0) is 12.1 Å². The van der Waals surface area contributed by atoms with Gasteiger partial charge in [-0.3, -0.25) is 0 Å². The Balaban J connectivity index is 0.00000147. The maximum atomic E-state index is 10.5. The fraction of sp³-hybridized carbons (Fsp3) is 0.143. The Kier molecular flexibility index (Phi) is 6.41. The molecule has 6 heteroatoms. The third kappa shape index (κ3) is 3.43. The van der Waals surface area contributed by atoms with E-state index in [0.717, 1.165) is 11.0 Å². The molecule has 0 aliphatic heterocycles. The van der Waals surface area contributed by atoms with Gasteiger partial charge in [-0.15, -0.1) is 0 Å². The molecule has 4 nitrogen and oxygen atoms in total. The van der Waals surface area contributed by atoms with Crippen molar-refractivity contribution in [3.63, 3.8) is 0 Å². The molecule has 0 spiro atoms. The van der Waals surface area contributed by atoms with Crippen molar-refractivity contribution in [1.82, 2.24) is 4.57 Å². The SMILES string of the molecule is O=[PH]([O-])OCCn1c2ccccc2c2ccccc21.[Cs+]. The average molecular weight is 407 g/mol. The summed E-state index contributed by atoms with van der Waals surface area (Å²) >= 11 is 0. The van der Waals surface area contributed by atoms with Crippen LogP contribution in [0.25, 0.3) is 21.8 Å². The first-order valence-corrected chi connectivity index (χ1v) is 7.29. The van der Waals surface area contributed by atoms with E-state index in [1.165, 1.54) is 10.8 Å². The monoisotopic (exact) mass is 407 g/mol. The second-order valence-electron chi connectivity index (χ2n) is 4.28. The van der Waals surface area contributed by atoms with Gasteiger partial charge in [-0.1, -0.05) is 36.4 Å². The Hall–Kier alpha value is 0.442. The molecule has 1 heterocycles. The van der Waals surface area contributed by atoms with Crippen LogP contribution in [0.2, 0.25) is 0 Å². The van der Waals surface area contributed by atoms with Gasteiger partial charge in [0.25, 0.3) is 0 Å². The molecule has 0 radical (unpaired) electrons. The molecule has 0 saturated carbocycles. The van der Waals surface area contributed by atoms with Gasteiger partial charge in [0.2, 0.25) is 0 Å². The van der Waals surface area contributed by atoms with Crippen LogP contribution in [-0.4, -0.2) is 11.2 Å². The van der Waals surface area contributed by atoms with Crippen LogP contribution in [-0.2, 0) is 15.6 Å². The molecule has 20 heavy (non-hydrogen) atoms. The van der Waals surface area contributed by atoms with Gasteiger partial charge >= 0.3 is 68.9 Å². The minimum absolute atomic E-state index is 0. The molecule has 0 fully saturated rings. The van der Waals surface area contributed by atoms with Crippen LogP contribution in [0, 0.1) is 0 Å². The van der Waals surface area contributed by atoms with E-state index in [-0.39, 0.29) is 75.5 Å². The zero-order valence-corrected chi connectivity index (χ0v) is 18.5. The number of fused-ring (bicyclic) bond motifs is 3. The van der Waals surface area contributed by atoms with Crippen LogP contribution in [0.3, 0.4) is 0 Å². The van der Waals surface area contributed by atoms with E-state index in [4.69, 9.17) is 0 Å². The fourth-order valence-electron chi connectivity index (χ4n) is 2.46. The summed E-state index contributed by atoms with van der Waals surface area (Å²) in [5, 5.41) is 2.35. The van der Waals surface area contributed by atoms with E-state index in [1.807, 2.05) is 36.4 Å². The van der Waals surface area contributed by atoms with E-state index in [1.54, 1.807) is 0 Å². The summed E-state index contributed by atoms with van der Waals surface area (Å²) in [4.78, 5) is 10.5. The van der Waals surface area contributed by atoms with E-state index in [9.17, 15) is 9.46 Å². The molecular formula is C14H13CsNO3P. The van der Waals surface area contributed by atoms with E-state index >= 15 is 0 Å². The van der Waals surface area contributed by atoms with Crippen LogP contribution in [0.4, 0.5) is 0 Å². The van der Waals surface area contributed by atoms with Gasteiger partial charge in [0, 0.05) is 28.4 Å². The van der Waals surface area contributed by atoms with Crippen molar-refractivity contribution in [3.05, 3.63) is 48.5 Å². The third-order valence-corrected chi connectivity index (χ3v) is 3.65. The van der Waals surface area contributed by atoms with Gasteiger partial charge < -0.3 is 18.5 Å². The van der Waals surface area contributed by atoms with Crippen molar-refractivity contribution in [2.24, 2.45) is 0 Å². The quantitative estimate of drug-likeness (QED) is 0.552. The molecule has 0 bridgehead atoms. The van der Waals surface area contributed by atoms with Crippen LogP contribution in [0.5, 0.6) is 0 Å². The van der Waals surface area contributed by atoms with Crippen LogP contribution >= 0.6 is 8.25 Å². The van der Waals surface area contributed by atoms with Gasteiger partial charge in [-0.25, -0.2) is 0 Å². The number of nitrogens with zero attached hydrogens (tertiary/aromatic N) is 1. The number of hydrogen-bond acceptors (Lipinski definition) is 3. The normalized spacial score (nSPS) is 12.4. The second kappa shape index (κ2) is 7.63. The molecule has 0 N–H and O–H groups in total. The van der Waals surface area contributed by atoms with Crippen LogP contribution in [0.1, 0.15) is 0 Å². The minimum Gasteiger partial charge on any atom is -0.781 e. The van der Waals surface area contributed by atoms with Gasteiger partial charge in [-0.2, -0.15) is 0 Å². The number of hydrogen-bond donors (Lipinski definition) is 0. The number of benzene rings is 2. The fourth-order valence-corrected chi connectivity index (χ4v) is 2.72. The molecule has 0 saturated heterocycles. The van der Waals surface area contributed by atoms with Gasteiger partial charge in [0.15, 0.2) is 0 Å². The molecule has 98 valence electrons. The topological polar surface area (TPSA) is 54.3 Å². The van der Waals surface area contributed by atoms with E-state index in [0.29, 0.717) is 6.54 Å². The first kappa shape index (κ1) is 16.8. The summed E-state index contributed by atoms with van der Waals surface area (Å²) in [7, 11) is -3.11. The maximum Gasteiger partial charge on any atom is 1.00 e. The Morgan fingerprint density at radius 3 is 2.00 bits per heavy atom. The van der Waals surface area contributed by atoms with Crippen LogP contribution < -0.4 is 73.8 Å². The largest absolute Gasteiger partial charge is 1.00 e. The van der Waals surface area contributed by atoms with E-state index < -0.39 is 8.25 Å². The zero-order chi connectivity index (χ0) is 13.2. The number of rotatable bonds is 4. The number of aromatic nitrogens is 1. The first-order chi connectivity index (χ1) is 9.27. The van der Waals surface area contributed by atoms with Crippen molar-refractivity contribution < 1.29 is 82.9 Å². The summed E-state index contributed by atoms with van der Waals surface area (Å²) < 4.78 is 17.3. The predicted octanol–water partition coefficient (Wildman–Crippen LogP) is -0.435. The molecule has 1 atom stereocenters. The Bertz CT molecular complexity index is 703. The summed E-state index contributed by atoms with van der Waals surface area (Å²) in [5.74, 6) is 0. The third-order valence-electron chi connectivity index (χ3n) is 3.21. The van der Waals surface area contributed by atoms with Crippen molar-refractivity contribution in [2.45, 2.75) is 6.54 Å². The molecule has 2 aromatic carbocycles. The Morgan fingerprint density at radius 2 is 1.50 bits per heavy atom. The minimum atomic E-state index is -3.11. The molecular weight excluding hydrogens is 394 g/mol. The molecule has 1 unspecified atom stereocenters. The van der Waals surface area contributed by atoms with Gasteiger partial charge in [0.1, 0.15) is 8.25 Å². The van der Waals surface area contributed by atoms with Crippen molar-refractivity contribution >= 4 is 30.1 Å². The summed E-state index contributed by atoms with van der Waals surface area (Å²) in [6.45, 7) is 0.691. The molecule has 3 rings (SSSR count). The molecule has 1 aromatic heterocycles. The molecule has 0 aliphatic carbocycles. The first-order valence-electron chi connectivity index (χ1n) is 6.07. The second-order valence-corrected chi connectivity index (χ2v) is 5.07. The van der Waals surface area contributed by atoms with Crippen molar-refractivity contribution in [2.75, 3.05) is 6.61 Å². The summed E-state index contributed by atoms with van der Waals surface area (Å²) in [6, 6.07) is 16.2. The Labute approximate surface area is 176 Å². The zero-order valence-electron chi connectivity index (χ0n) is 11.2. The van der Waals surface area contributed by atoms with Crippen molar-refractivity contribution in [3.8, 4) is 0 Å². The van der Waals surface area contributed by atoms with E-state index in [2.05, 4.69) is 21.2 Å². The summed E-state index contributed by atoms with van der Waals surface area (Å²) in [6.07, 6.45) is 0. The summed E-state index contributed by atoms with van der Waals surface area (Å²) in [5.41, 5.74) is 2.19. The molecule has 3 aromatic rings. The van der Waals surface area contributed by atoms with Crippen molar-refractivity contribution in [1.29, 1.82) is 0 Å². The number of para-hydroxylation sites is 2. The maximum absolute atomic E-state index is 10.5. The average Bonchev–Trinajstić information content (AvgIpc) is 2.74. The Morgan fingerprint density at radius 1 is 1.00 bits per heavy atom. The molecule has 0 amide bonds. The van der Waals surface area contributed by atoms with Gasteiger partial charge in [0.05, 0.1) is 6.61 Å². The smallest absolute Gasteiger partial charge is 0.781 e. The standard InChI is InChI=1S/C14H14NO3P.Cs/c16-19(17)18-10-9-15-13-7-3-1-5-11(13)12-6-2-4-8-14(12)15;/h1-8,19H,9-10H2,(H,16,17);/q;+1/p-1. The molecule has 0 aliphatic rings.